The van der Waals surface area contributed by atoms with Crippen LogP contribution in [0.5, 0.6) is 5.75 Å². The minimum Gasteiger partial charge on any atom is -0.480 e. The zero-order valence-corrected chi connectivity index (χ0v) is 17.4. The van der Waals surface area contributed by atoms with Crippen LogP contribution in [0.1, 0.15) is 25.8 Å². The van der Waals surface area contributed by atoms with Crippen molar-refractivity contribution in [3.63, 3.8) is 0 Å². The third-order valence-corrected chi connectivity index (χ3v) is 5.39. The van der Waals surface area contributed by atoms with Crippen LogP contribution in [0.4, 0.5) is 10.1 Å². The number of thioether (sulfide) groups is 1. The maximum atomic E-state index is 13.8. The fourth-order valence-corrected chi connectivity index (χ4v) is 3.70. The normalized spacial score (nSPS) is 11.9. The summed E-state index contributed by atoms with van der Waals surface area (Å²) in [4.78, 5) is 14.4. The van der Waals surface area contributed by atoms with E-state index in [-0.39, 0.29) is 17.4 Å². The molecule has 3 aromatic rings. The van der Waals surface area contributed by atoms with Gasteiger partial charge in [-0.3, -0.25) is 4.79 Å². The molecule has 0 radical (unpaired) electrons. The molecule has 0 saturated heterocycles. The number of hydrogen-bond acceptors (Lipinski definition) is 5. The van der Waals surface area contributed by atoms with Crippen molar-refractivity contribution >= 4 is 23.4 Å². The molecule has 0 aliphatic carbocycles. The highest BCUT2D eigenvalue weighted by molar-refractivity contribution is 7.99. The first-order valence-corrected chi connectivity index (χ1v) is 10.3. The van der Waals surface area contributed by atoms with Crippen LogP contribution in [-0.4, -0.2) is 33.0 Å². The molecule has 0 aliphatic rings. The summed E-state index contributed by atoms with van der Waals surface area (Å²) in [6, 6.07) is 15.8. The molecule has 1 amide bonds. The lowest BCUT2D eigenvalue weighted by atomic mass is 10.3. The van der Waals surface area contributed by atoms with Crippen molar-refractivity contribution in [3.05, 3.63) is 66.2 Å². The summed E-state index contributed by atoms with van der Waals surface area (Å²) in [5.74, 6) is 0.510. The van der Waals surface area contributed by atoms with Crippen molar-refractivity contribution in [2.75, 3.05) is 17.2 Å². The Labute approximate surface area is 173 Å². The van der Waals surface area contributed by atoms with Crippen molar-refractivity contribution < 1.29 is 13.9 Å². The van der Waals surface area contributed by atoms with Crippen LogP contribution in [0.15, 0.2) is 59.8 Å². The van der Waals surface area contributed by atoms with E-state index in [1.54, 1.807) is 41.6 Å². The molecule has 1 heterocycles. The van der Waals surface area contributed by atoms with E-state index in [2.05, 4.69) is 10.2 Å². The summed E-state index contributed by atoms with van der Waals surface area (Å²) in [5, 5.41) is 8.92. The third-order valence-electron chi connectivity index (χ3n) is 4.38. The van der Waals surface area contributed by atoms with Gasteiger partial charge in [-0.05, 0) is 38.1 Å². The van der Waals surface area contributed by atoms with E-state index in [0.29, 0.717) is 17.5 Å². The van der Waals surface area contributed by atoms with Crippen LogP contribution in [-0.2, 0) is 11.8 Å². The van der Waals surface area contributed by atoms with Crippen molar-refractivity contribution in [3.8, 4) is 5.75 Å². The van der Waals surface area contributed by atoms with Gasteiger partial charge in [0.05, 0.1) is 5.75 Å². The molecule has 1 atom stereocenters. The molecule has 29 heavy (non-hydrogen) atoms. The first-order valence-electron chi connectivity index (χ1n) is 9.30. The lowest BCUT2D eigenvalue weighted by molar-refractivity contribution is -0.116. The smallest absolute Gasteiger partial charge is 0.237 e. The molecular weight excluding hydrogens is 391 g/mol. The number of anilines is 1. The van der Waals surface area contributed by atoms with Crippen LogP contribution in [0, 0.1) is 5.82 Å². The maximum Gasteiger partial charge on any atom is 0.237 e. The summed E-state index contributed by atoms with van der Waals surface area (Å²) in [6.45, 7) is 4.31. The summed E-state index contributed by atoms with van der Waals surface area (Å²) in [6.07, 6.45) is -0.495. The molecule has 3 rings (SSSR count). The van der Waals surface area contributed by atoms with E-state index in [4.69, 9.17) is 4.74 Å². The third kappa shape index (κ3) is 4.95. The topological polar surface area (TPSA) is 60.3 Å². The number of hydrogen-bond donors (Lipinski definition) is 0. The lowest BCUT2D eigenvalue weighted by Gasteiger charge is -2.20. The molecule has 8 heteroatoms. The summed E-state index contributed by atoms with van der Waals surface area (Å²) >= 11 is 1.31. The first-order chi connectivity index (χ1) is 14.0. The van der Waals surface area contributed by atoms with Gasteiger partial charge in [-0.2, -0.15) is 0 Å². The molecule has 0 fully saturated rings. The number of benzene rings is 2. The Balaban J connectivity index is 1.65. The SMILES string of the molecule is CCN(C(=O)CSc1nnc(C(C)Oc2ccccc2F)n1C)c1ccccc1. The van der Waals surface area contributed by atoms with Crippen LogP contribution in [0.2, 0.25) is 0 Å². The Hall–Kier alpha value is -2.87. The van der Waals surface area contributed by atoms with Crippen molar-refractivity contribution in [2.45, 2.75) is 25.1 Å². The van der Waals surface area contributed by atoms with Gasteiger partial charge in [0.2, 0.25) is 5.91 Å². The molecule has 2 aromatic carbocycles. The summed E-state index contributed by atoms with van der Waals surface area (Å²) in [5.41, 5.74) is 0.867. The Kier molecular flexibility index (Phi) is 6.87. The van der Waals surface area contributed by atoms with Gasteiger partial charge in [-0.15, -0.1) is 10.2 Å². The van der Waals surface area contributed by atoms with E-state index < -0.39 is 11.9 Å². The number of para-hydroxylation sites is 2. The van der Waals surface area contributed by atoms with Crippen LogP contribution < -0.4 is 9.64 Å². The second kappa shape index (κ2) is 9.56. The predicted octanol–water partition coefficient (Wildman–Crippen LogP) is 4.24. The molecule has 0 N–H and O–H groups in total. The van der Waals surface area contributed by atoms with Crippen molar-refractivity contribution in [1.82, 2.24) is 14.8 Å². The number of ether oxygens (including phenoxy) is 1. The minimum absolute atomic E-state index is 0.0103. The van der Waals surface area contributed by atoms with Crippen molar-refractivity contribution in [1.29, 1.82) is 0 Å². The van der Waals surface area contributed by atoms with E-state index in [9.17, 15) is 9.18 Å². The largest absolute Gasteiger partial charge is 0.480 e. The van der Waals surface area contributed by atoms with Crippen LogP contribution in [0.25, 0.3) is 0 Å². The number of rotatable bonds is 8. The van der Waals surface area contributed by atoms with Gasteiger partial charge >= 0.3 is 0 Å². The van der Waals surface area contributed by atoms with Crippen LogP contribution in [0.3, 0.4) is 0 Å². The minimum atomic E-state index is -0.495. The molecule has 6 nitrogen and oxygen atoms in total. The molecule has 1 aromatic heterocycles. The van der Waals surface area contributed by atoms with Gasteiger partial charge in [-0.25, -0.2) is 4.39 Å². The fraction of sp³-hybridized carbons (Fsp3) is 0.286. The Morgan fingerprint density at radius 1 is 1.17 bits per heavy atom. The molecule has 0 aliphatic heterocycles. The van der Waals surface area contributed by atoms with Gasteiger partial charge in [0, 0.05) is 19.3 Å². The quantitative estimate of drug-likeness (QED) is 0.516. The zero-order valence-electron chi connectivity index (χ0n) is 16.6. The second-order valence-corrected chi connectivity index (χ2v) is 7.30. The van der Waals surface area contributed by atoms with Crippen LogP contribution >= 0.6 is 11.8 Å². The zero-order chi connectivity index (χ0) is 20.8. The molecule has 0 saturated carbocycles. The van der Waals surface area contributed by atoms with E-state index in [0.717, 1.165) is 5.69 Å². The summed E-state index contributed by atoms with van der Waals surface area (Å²) in [7, 11) is 1.80. The lowest BCUT2D eigenvalue weighted by Crippen LogP contribution is -2.32. The highest BCUT2D eigenvalue weighted by Crippen LogP contribution is 2.25. The molecular formula is C21H23FN4O2S. The Morgan fingerprint density at radius 3 is 2.55 bits per heavy atom. The van der Waals surface area contributed by atoms with Gasteiger partial charge in [0.25, 0.3) is 0 Å². The monoisotopic (exact) mass is 414 g/mol. The molecule has 0 bridgehead atoms. The average Bonchev–Trinajstić information content (AvgIpc) is 3.10. The highest BCUT2D eigenvalue weighted by Gasteiger charge is 2.20. The predicted molar refractivity (Wildman–Crippen MR) is 112 cm³/mol. The molecule has 0 spiro atoms. The van der Waals surface area contributed by atoms with Crippen molar-refractivity contribution in [2.24, 2.45) is 7.05 Å². The number of amides is 1. The van der Waals surface area contributed by atoms with Gasteiger partial charge in [0.15, 0.2) is 28.7 Å². The number of nitrogens with zero attached hydrogens (tertiary/aromatic N) is 4. The maximum absolute atomic E-state index is 13.8. The number of aromatic nitrogens is 3. The van der Waals surface area contributed by atoms with E-state index >= 15 is 0 Å². The average molecular weight is 415 g/mol. The van der Waals surface area contributed by atoms with Gasteiger partial charge in [-0.1, -0.05) is 42.1 Å². The number of carbonyl (C=O) groups excluding carboxylic acids is 1. The highest BCUT2D eigenvalue weighted by atomic mass is 32.2. The number of halogens is 1. The molecule has 152 valence electrons. The van der Waals surface area contributed by atoms with Gasteiger partial charge in [0.1, 0.15) is 0 Å². The first kappa shape index (κ1) is 20.9. The Bertz CT molecular complexity index is 964. The Morgan fingerprint density at radius 2 is 1.86 bits per heavy atom. The standard InChI is InChI=1S/C21H23FN4O2S/c1-4-26(16-10-6-5-7-11-16)19(27)14-29-21-24-23-20(25(21)3)15(2)28-18-13-9-8-12-17(18)22/h5-13,15H,4,14H2,1-3H3. The molecule has 1 unspecified atom stereocenters. The number of carbonyl (C=O) groups is 1. The summed E-state index contributed by atoms with van der Waals surface area (Å²) < 4.78 is 21.3. The van der Waals surface area contributed by atoms with E-state index in [1.807, 2.05) is 37.3 Å². The van der Waals surface area contributed by atoms with Gasteiger partial charge < -0.3 is 14.2 Å². The second-order valence-electron chi connectivity index (χ2n) is 6.35. The van der Waals surface area contributed by atoms with E-state index in [1.165, 1.54) is 17.8 Å². The fourth-order valence-electron chi connectivity index (χ4n) is 2.90.